The van der Waals surface area contributed by atoms with E-state index in [0.717, 1.165) is 23.4 Å². The average molecular weight is 303 g/mol. The van der Waals surface area contributed by atoms with Crippen LogP contribution < -0.4 is 5.32 Å². The largest absolute Gasteiger partial charge is 0.416 e. The van der Waals surface area contributed by atoms with E-state index in [9.17, 15) is 13.2 Å². The van der Waals surface area contributed by atoms with Crippen LogP contribution in [0.25, 0.3) is 10.2 Å². The molecule has 1 aromatic heterocycles. The molecule has 1 aromatic carbocycles. The molecule has 0 aliphatic carbocycles. The van der Waals surface area contributed by atoms with Gasteiger partial charge < -0.3 is 10.2 Å². The standard InChI is InChI=1S/C13H16F3N3S/c1-8(7-19(2)3)17-12-18-10-6-9(13(14,15)16)4-5-11(10)20-12/h4-6,8H,7H2,1-3H3,(H,17,18). The summed E-state index contributed by atoms with van der Waals surface area (Å²) in [4.78, 5) is 6.26. The Balaban J connectivity index is 2.21. The third kappa shape index (κ3) is 3.61. The van der Waals surface area contributed by atoms with Gasteiger partial charge in [-0.05, 0) is 39.2 Å². The second-order valence-corrected chi connectivity index (χ2v) is 6.04. The number of hydrogen-bond donors (Lipinski definition) is 1. The molecule has 0 saturated heterocycles. The number of fused-ring (bicyclic) bond motifs is 1. The SMILES string of the molecule is CC(CN(C)C)Nc1nc2cc(C(F)(F)F)ccc2s1. The normalized spacial score (nSPS) is 13.9. The molecule has 1 atom stereocenters. The molecule has 0 amide bonds. The number of halogens is 3. The number of anilines is 1. The Hall–Kier alpha value is -1.34. The summed E-state index contributed by atoms with van der Waals surface area (Å²) in [7, 11) is 3.93. The van der Waals surface area contributed by atoms with E-state index < -0.39 is 11.7 Å². The lowest BCUT2D eigenvalue weighted by atomic mass is 10.2. The van der Waals surface area contributed by atoms with Crippen molar-refractivity contribution in [3.8, 4) is 0 Å². The van der Waals surface area contributed by atoms with Crippen LogP contribution in [-0.4, -0.2) is 36.6 Å². The lowest BCUT2D eigenvalue weighted by Gasteiger charge is -2.17. The molecule has 3 nitrogen and oxygen atoms in total. The molecule has 20 heavy (non-hydrogen) atoms. The van der Waals surface area contributed by atoms with Gasteiger partial charge >= 0.3 is 6.18 Å². The summed E-state index contributed by atoms with van der Waals surface area (Å²) in [6, 6.07) is 3.83. The molecule has 2 rings (SSSR count). The van der Waals surface area contributed by atoms with Crippen LogP contribution >= 0.6 is 11.3 Å². The number of aromatic nitrogens is 1. The zero-order chi connectivity index (χ0) is 14.9. The molecule has 0 aliphatic heterocycles. The van der Waals surface area contributed by atoms with Gasteiger partial charge in [0.2, 0.25) is 0 Å². The van der Waals surface area contributed by atoms with Gasteiger partial charge in [-0.25, -0.2) is 4.98 Å². The second kappa shape index (κ2) is 5.57. The Morgan fingerprint density at radius 3 is 2.65 bits per heavy atom. The molecule has 0 spiro atoms. The van der Waals surface area contributed by atoms with Crippen LogP contribution in [0.15, 0.2) is 18.2 Å². The van der Waals surface area contributed by atoms with Crippen LogP contribution in [-0.2, 0) is 6.18 Å². The topological polar surface area (TPSA) is 28.2 Å². The van der Waals surface area contributed by atoms with Crippen LogP contribution in [0.2, 0.25) is 0 Å². The van der Waals surface area contributed by atoms with Crippen LogP contribution in [0.3, 0.4) is 0 Å². The molecule has 7 heteroatoms. The van der Waals surface area contributed by atoms with E-state index in [2.05, 4.69) is 10.3 Å². The summed E-state index contributed by atoms with van der Waals surface area (Å²) in [5, 5.41) is 3.85. The first-order valence-corrected chi connectivity index (χ1v) is 6.96. The van der Waals surface area contributed by atoms with Crippen molar-refractivity contribution in [2.75, 3.05) is 26.0 Å². The predicted octanol–water partition coefficient (Wildman–Crippen LogP) is 3.68. The van der Waals surface area contributed by atoms with Crippen LogP contribution in [0.5, 0.6) is 0 Å². The highest BCUT2D eigenvalue weighted by atomic mass is 32.1. The third-order valence-electron chi connectivity index (χ3n) is 2.72. The minimum Gasteiger partial charge on any atom is -0.358 e. The van der Waals surface area contributed by atoms with Crippen LogP contribution in [0.1, 0.15) is 12.5 Å². The second-order valence-electron chi connectivity index (χ2n) is 5.01. The predicted molar refractivity (Wildman–Crippen MR) is 76.3 cm³/mol. The third-order valence-corrected chi connectivity index (χ3v) is 3.69. The summed E-state index contributed by atoms with van der Waals surface area (Å²) >= 11 is 1.36. The molecule has 0 saturated carbocycles. The fourth-order valence-electron chi connectivity index (χ4n) is 1.97. The molecular formula is C13H16F3N3S. The molecule has 1 N–H and O–H groups in total. The minimum atomic E-state index is -4.33. The maximum atomic E-state index is 12.6. The number of hydrogen-bond acceptors (Lipinski definition) is 4. The van der Waals surface area contributed by atoms with Crippen LogP contribution in [0.4, 0.5) is 18.3 Å². The monoisotopic (exact) mass is 303 g/mol. The number of benzene rings is 1. The van der Waals surface area contributed by atoms with E-state index in [1.807, 2.05) is 25.9 Å². The summed E-state index contributed by atoms with van der Waals surface area (Å²) in [6.45, 7) is 2.83. The van der Waals surface area contributed by atoms with Crippen molar-refractivity contribution in [3.05, 3.63) is 23.8 Å². The Morgan fingerprint density at radius 1 is 1.35 bits per heavy atom. The average Bonchev–Trinajstić information content (AvgIpc) is 2.66. The van der Waals surface area contributed by atoms with Gasteiger partial charge in [0.05, 0.1) is 15.8 Å². The van der Waals surface area contributed by atoms with Crippen molar-refractivity contribution in [2.24, 2.45) is 0 Å². The number of alkyl halides is 3. The fraction of sp³-hybridized carbons (Fsp3) is 0.462. The van der Waals surface area contributed by atoms with Crippen LogP contribution in [0, 0.1) is 0 Å². The Labute approximate surface area is 119 Å². The van der Waals surface area contributed by atoms with Gasteiger partial charge in [0.25, 0.3) is 0 Å². The highest BCUT2D eigenvalue weighted by molar-refractivity contribution is 7.22. The molecule has 0 radical (unpaired) electrons. The first-order valence-electron chi connectivity index (χ1n) is 6.15. The molecule has 0 fully saturated rings. The van der Waals surface area contributed by atoms with Crippen molar-refractivity contribution < 1.29 is 13.2 Å². The number of nitrogens with one attached hydrogen (secondary N) is 1. The molecule has 1 heterocycles. The summed E-state index contributed by atoms with van der Waals surface area (Å²) < 4.78 is 38.6. The number of rotatable bonds is 4. The van der Waals surface area contributed by atoms with Gasteiger partial charge in [-0.2, -0.15) is 13.2 Å². The number of likely N-dealkylation sites (N-methyl/N-ethyl adjacent to an activating group) is 1. The fourth-order valence-corrected chi connectivity index (χ4v) is 2.93. The molecule has 2 aromatic rings. The van der Waals surface area contributed by atoms with E-state index in [1.54, 1.807) is 0 Å². The molecular weight excluding hydrogens is 287 g/mol. The maximum Gasteiger partial charge on any atom is 0.416 e. The van der Waals surface area contributed by atoms with E-state index in [1.165, 1.54) is 17.4 Å². The maximum absolute atomic E-state index is 12.6. The van der Waals surface area contributed by atoms with Crippen molar-refractivity contribution in [3.63, 3.8) is 0 Å². The quantitative estimate of drug-likeness (QED) is 0.934. The highest BCUT2D eigenvalue weighted by Gasteiger charge is 2.30. The van der Waals surface area contributed by atoms with E-state index in [0.29, 0.717) is 10.6 Å². The van der Waals surface area contributed by atoms with Gasteiger partial charge in [-0.1, -0.05) is 11.3 Å². The first-order chi connectivity index (χ1) is 9.25. The molecule has 0 aliphatic rings. The zero-order valence-electron chi connectivity index (χ0n) is 11.5. The van der Waals surface area contributed by atoms with Gasteiger partial charge in [-0.15, -0.1) is 0 Å². The number of thiazole rings is 1. The van der Waals surface area contributed by atoms with Crippen molar-refractivity contribution in [1.29, 1.82) is 0 Å². The smallest absolute Gasteiger partial charge is 0.358 e. The first kappa shape index (κ1) is 15.1. The van der Waals surface area contributed by atoms with Gasteiger partial charge in [0.15, 0.2) is 5.13 Å². The summed E-state index contributed by atoms with van der Waals surface area (Å²) in [6.07, 6.45) is -4.33. The van der Waals surface area contributed by atoms with Gasteiger partial charge in [0.1, 0.15) is 0 Å². The Morgan fingerprint density at radius 2 is 2.05 bits per heavy atom. The molecule has 0 bridgehead atoms. The minimum absolute atomic E-state index is 0.174. The van der Waals surface area contributed by atoms with Crippen molar-refractivity contribution >= 4 is 26.7 Å². The Bertz CT molecular complexity index is 592. The van der Waals surface area contributed by atoms with E-state index in [4.69, 9.17) is 0 Å². The van der Waals surface area contributed by atoms with Crippen molar-refractivity contribution in [1.82, 2.24) is 9.88 Å². The summed E-state index contributed by atoms with van der Waals surface area (Å²) in [5.41, 5.74) is -0.285. The van der Waals surface area contributed by atoms with Gasteiger partial charge in [0, 0.05) is 12.6 Å². The van der Waals surface area contributed by atoms with E-state index in [-0.39, 0.29) is 6.04 Å². The zero-order valence-corrected chi connectivity index (χ0v) is 12.3. The van der Waals surface area contributed by atoms with Crippen molar-refractivity contribution in [2.45, 2.75) is 19.1 Å². The highest BCUT2D eigenvalue weighted by Crippen LogP contribution is 2.34. The Kier molecular flexibility index (Phi) is 4.19. The lowest BCUT2D eigenvalue weighted by Crippen LogP contribution is -2.29. The van der Waals surface area contributed by atoms with E-state index >= 15 is 0 Å². The van der Waals surface area contributed by atoms with Gasteiger partial charge in [-0.3, -0.25) is 0 Å². The molecule has 1 unspecified atom stereocenters. The summed E-state index contributed by atoms with van der Waals surface area (Å²) in [5.74, 6) is 0. The molecule has 110 valence electrons. The lowest BCUT2D eigenvalue weighted by molar-refractivity contribution is -0.137. The number of nitrogens with zero attached hydrogens (tertiary/aromatic N) is 2.